The molecule has 0 radical (unpaired) electrons. The van der Waals surface area contributed by atoms with E-state index in [-0.39, 0.29) is 17.3 Å². The predicted octanol–water partition coefficient (Wildman–Crippen LogP) is 4.91. The molecule has 1 saturated carbocycles. The third kappa shape index (κ3) is 5.88. The SMILES string of the molecule is Cc1ccc(-c2nnc(SCC(=O)N/N=C/c3ccc([N+](=O)[O-])cc3)n2C2CCCCC2)cc1. The number of hydrogen-bond donors (Lipinski definition) is 1. The van der Waals surface area contributed by atoms with Gasteiger partial charge in [0.05, 0.1) is 16.9 Å². The van der Waals surface area contributed by atoms with Crippen molar-refractivity contribution < 1.29 is 9.72 Å². The van der Waals surface area contributed by atoms with E-state index in [0.717, 1.165) is 29.4 Å². The summed E-state index contributed by atoms with van der Waals surface area (Å²) in [5.41, 5.74) is 5.37. The van der Waals surface area contributed by atoms with Crippen molar-refractivity contribution in [3.8, 4) is 11.4 Å². The quantitative estimate of drug-likeness (QED) is 0.213. The maximum absolute atomic E-state index is 12.4. The molecule has 1 aromatic heterocycles. The van der Waals surface area contributed by atoms with Crippen molar-refractivity contribution in [2.45, 2.75) is 50.2 Å². The number of hydrazone groups is 1. The average Bonchev–Trinajstić information content (AvgIpc) is 3.28. The van der Waals surface area contributed by atoms with Crippen molar-refractivity contribution in [2.75, 3.05) is 5.75 Å². The van der Waals surface area contributed by atoms with Crippen LogP contribution in [0.2, 0.25) is 0 Å². The Labute approximate surface area is 201 Å². The normalized spacial score (nSPS) is 14.4. The van der Waals surface area contributed by atoms with Gasteiger partial charge in [0.2, 0.25) is 0 Å². The van der Waals surface area contributed by atoms with Gasteiger partial charge in [-0.3, -0.25) is 19.5 Å². The summed E-state index contributed by atoms with van der Waals surface area (Å²) < 4.78 is 2.20. The summed E-state index contributed by atoms with van der Waals surface area (Å²) >= 11 is 1.35. The highest BCUT2D eigenvalue weighted by molar-refractivity contribution is 7.99. The summed E-state index contributed by atoms with van der Waals surface area (Å²) in [6.45, 7) is 2.06. The largest absolute Gasteiger partial charge is 0.299 e. The zero-order chi connectivity index (χ0) is 23.9. The van der Waals surface area contributed by atoms with Gasteiger partial charge in [-0.15, -0.1) is 10.2 Å². The van der Waals surface area contributed by atoms with Gasteiger partial charge in [0.15, 0.2) is 11.0 Å². The molecule has 1 fully saturated rings. The number of nitro groups is 1. The van der Waals surface area contributed by atoms with Crippen molar-refractivity contribution >= 4 is 29.6 Å². The van der Waals surface area contributed by atoms with Crippen LogP contribution in [0.25, 0.3) is 11.4 Å². The van der Waals surface area contributed by atoms with E-state index in [0.29, 0.717) is 11.6 Å². The maximum atomic E-state index is 12.4. The van der Waals surface area contributed by atoms with Crippen LogP contribution in [0.15, 0.2) is 58.8 Å². The molecule has 1 aliphatic rings. The van der Waals surface area contributed by atoms with Gasteiger partial charge in [-0.2, -0.15) is 5.10 Å². The van der Waals surface area contributed by atoms with E-state index in [9.17, 15) is 14.9 Å². The third-order valence-corrected chi connectivity index (χ3v) is 6.70. The first-order valence-electron chi connectivity index (χ1n) is 11.2. The Morgan fingerprint density at radius 3 is 2.53 bits per heavy atom. The zero-order valence-corrected chi connectivity index (χ0v) is 19.7. The molecule has 0 atom stereocenters. The summed E-state index contributed by atoms with van der Waals surface area (Å²) in [4.78, 5) is 22.6. The number of carbonyl (C=O) groups is 1. The molecule has 176 valence electrons. The van der Waals surface area contributed by atoms with Crippen LogP contribution in [0, 0.1) is 17.0 Å². The monoisotopic (exact) mass is 478 g/mol. The lowest BCUT2D eigenvalue weighted by Crippen LogP contribution is -2.20. The fourth-order valence-corrected chi connectivity index (χ4v) is 4.76. The van der Waals surface area contributed by atoms with Crippen molar-refractivity contribution in [2.24, 2.45) is 5.10 Å². The second kappa shape index (κ2) is 11.1. The lowest BCUT2D eigenvalue weighted by molar-refractivity contribution is -0.384. The molecule has 9 nitrogen and oxygen atoms in total. The predicted molar refractivity (Wildman–Crippen MR) is 132 cm³/mol. The van der Waals surface area contributed by atoms with Crippen LogP contribution in [0.1, 0.15) is 49.3 Å². The molecule has 0 bridgehead atoms. The van der Waals surface area contributed by atoms with E-state index in [2.05, 4.69) is 56.5 Å². The number of non-ortho nitro benzene ring substituents is 1. The van der Waals surface area contributed by atoms with Gasteiger partial charge in [0.1, 0.15) is 0 Å². The van der Waals surface area contributed by atoms with Crippen LogP contribution in [-0.2, 0) is 4.79 Å². The molecular formula is C24H26N6O3S. The highest BCUT2D eigenvalue weighted by atomic mass is 32.2. The summed E-state index contributed by atoms with van der Waals surface area (Å²) in [6.07, 6.45) is 7.21. The molecule has 4 rings (SSSR count). The van der Waals surface area contributed by atoms with E-state index < -0.39 is 4.92 Å². The van der Waals surface area contributed by atoms with Gasteiger partial charge in [-0.05, 0) is 37.5 Å². The number of aryl methyl sites for hydroxylation is 1. The van der Waals surface area contributed by atoms with Crippen molar-refractivity contribution in [1.82, 2.24) is 20.2 Å². The number of aromatic nitrogens is 3. The van der Waals surface area contributed by atoms with Gasteiger partial charge < -0.3 is 0 Å². The molecule has 1 N–H and O–H groups in total. The Morgan fingerprint density at radius 2 is 1.85 bits per heavy atom. The minimum atomic E-state index is -0.462. The van der Waals surface area contributed by atoms with E-state index in [4.69, 9.17) is 0 Å². The molecule has 1 heterocycles. The van der Waals surface area contributed by atoms with Crippen LogP contribution >= 0.6 is 11.8 Å². The standard InChI is InChI=1S/C24H26N6O3S/c1-17-7-11-19(12-8-17)23-27-28-24(29(23)20-5-3-2-4-6-20)34-16-22(31)26-25-15-18-9-13-21(14-10-18)30(32)33/h7-15,20H,2-6,16H2,1H3,(H,26,31)/b25-15+. The molecule has 0 spiro atoms. The van der Waals surface area contributed by atoms with Crippen molar-refractivity contribution in [1.29, 1.82) is 0 Å². The number of benzene rings is 2. The average molecular weight is 479 g/mol. The second-order valence-corrected chi connectivity index (χ2v) is 9.21. The fourth-order valence-electron chi connectivity index (χ4n) is 3.97. The topological polar surface area (TPSA) is 115 Å². The molecule has 2 aromatic carbocycles. The van der Waals surface area contributed by atoms with Gasteiger partial charge in [0, 0.05) is 23.7 Å². The van der Waals surface area contributed by atoms with Gasteiger partial charge in [0.25, 0.3) is 11.6 Å². The van der Waals surface area contributed by atoms with Crippen LogP contribution in [0.4, 0.5) is 5.69 Å². The Bertz CT molecular complexity index is 1170. The highest BCUT2D eigenvalue weighted by Gasteiger charge is 2.24. The molecule has 1 amide bonds. The number of nitrogens with one attached hydrogen (secondary N) is 1. The molecular weight excluding hydrogens is 452 g/mol. The number of hydrogen-bond acceptors (Lipinski definition) is 7. The van der Waals surface area contributed by atoms with Crippen molar-refractivity contribution in [3.05, 3.63) is 69.8 Å². The lowest BCUT2D eigenvalue weighted by atomic mass is 9.95. The van der Waals surface area contributed by atoms with Gasteiger partial charge >= 0.3 is 0 Å². The first-order chi connectivity index (χ1) is 16.5. The van der Waals surface area contributed by atoms with Gasteiger partial charge in [-0.25, -0.2) is 5.43 Å². The molecule has 0 unspecified atom stereocenters. The Kier molecular flexibility index (Phi) is 7.69. The van der Waals surface area contributed by atoms with Crippen LogP contribution in [0.3, 0.4) is 0 Å². The number of thioether (sulfide) groups is 1. The van der Waals surface area contributed by atoms with E-state index in [1.54, 1.807) is 12.1 Å². The van der Waals surface area contributed by atoms with E-state index in [1.165, 1.54) is 54.9 Å². The number of amides is 1. The number of nitro benzene ring substituents is 1. The third-order valence-electron chi connectivity index (χ3n) is 5.75. The zero-order valence-electron chi connectivity index (χ0n) is 18.9. The summed E-state index contributed by atoms with van der Waals surface area (Å²) in [7, 11) is 0. The summed E-state index contributed by atoms with van der Waals surface area (Å²) in [5.74, 6) is 0.723. The fraction of sp³-hybridized carbons (Fsp3) is 0.333. The van der Waals surface area contributed by atoms with Crippen LogP contribution in [-0.4, -0.2) is 37.6 Å². The molecule has 0 saturated heterocycles. The first kappa shape index (κ1) is 23.6. The number of rotatable bonds is 8. The van der Waals surface area contributed by atoms with Crippen LogP contribution in [0.5, 0.6) is 0 Å². The molecule has 0 aliphatic heterocycles. The lowest BCUT2D eigenvalue weighted by Gasteiger charge is -2.25. The van der Waals surface area contributed by atoms with E-state index >= 15 is 0 Å². The minimum Gasteiger partial charge on any atom is -0.299 e. The smallest absolute Gasteiger partial charge is 0.269 e. The van der Waals surface area contributed by atoms with Crippen LogP contribution < -0.4 is 5.43 Å². The highest BCUT2D eigenvalue weighted by Crippen LogP contribution is 2.35. The summed E-state index contributed by atoms with van der Waals surface area (Å²) in [5, 5.41) is 24.3. The Morgan fingerprint density at radius 1 is 1.15 bits per heavy atom. The number of nitrogens with zero attached hydrogens (tertiary/aromatic N) is 5. The molecule has 10 heteroatoms. The molecule has 1 aliphatic carbocycles. The molecule has 34 heavy (non-hydrogen) atoms. The maximum Gasteiger partial charge on any atom is 0.269 e. The Balaban J connectivity index is 1.42. The Hall–Kier alpha value is -3.53. The second-order valence-electron chi connectivity index (χ2n) is 8.26. The minimum absolute atomic E-state index is 0.00432. The van der Waals surface area contributed by atoms with E-state index in [1.807, 2.05) is 0 Å². The molecule has 3 aromatic rings. The number of carbonyl (C=O) groups excluding carboxylic acids is 1. The first-order valence-corrected chi connectivity index (χ1v) is 12.2. The van der Waals surface area contributed by atoms with Crippen molar-refractivity contribution in [3.63, 3.8) is 0 Å². The summed E-state index contributed by atoms with van der Waals surface area (Å²) in [6, 6.07) is 14.5. The van der Waals surface area contributed by atoms with Gasteiger partial charge in [-0.1, -0.05) is 60.9 Å².